The minimum Gasteiger partial charge on any atom is -0.463 e. The van der Waals surface area contributed by atoms with E-state index in [2.05, 4.69) is 61.6 Å². The Morgan fingerprint density at radius 2 is 1.28 bits per heavy atom. The highest BCUT2D eigenvalue weighted by Crippen LogP contribution is 2.00. The van der Waals surface area contributed by atoms with Crippen LogP contribution in [0.2, 0.25) is 0 Å². The van der Waals surface area contributed by atoms with Gasteiger partial charge in [-0.15, -0.1) is 0 Å². The van der Waals surface area contributed by atoms with Gasteiger partial charge in [0.15, 0.2) is 0 Å². The van der Waals surface area contributed by atoms with Crippen LogP contribution in [0.5, 0.6) is 0 Å². The molecule has 0 atom stereocenters. The Kier molecular flexibility index (Phi) is 16.7. The maximum Gasteiger partial charge on any atom is 0.333 e. The molecule has 0 aliphatic carbocycles. The third kappa shape index (κ3) is 16.5. The molecule has 0 aromatic rings. The van der Waals surface area contributed by atoms with Gasteiger partial charge in [-0.25, -0.2) is 4.79 Å². The first-order valence-corrected chi connectivity index (χ1v) is 9.32. The van der Waals surface area contributed by atoms with Gasteiger partial charge < -0.3 is 4.74 Å². The van der Waals surface area contributed by atoms with Crippen LogP contribution in [0.1, 0.15) is 59.3 Å². The number of esters is 1. The van der Waals surface area contributed by atoms with E-state index in [-0.39, 0.29) is 5.97 Å². The van der Waals surface area contributed by atoms with E-state index in [1.54, 1.807) is 13.0 Å². The van der Waals surface area contributed by atoms with Crippen molar-refractivity contribution < 1.29 is 9.53 Å². The summed E-state index contributed by atoms with van der Waals surface area (Å²) in [4.78, 5) is 11.4. The first-order valence-electron chi connectivity index (χ1n) is 9.32. The van der Waals surface area contributed by atoms with Gasteiger partial charge >= 0.3 is 5.97 Å². The molecular weight excluding hydrogens is 308 g/mol. The number of ether oxygens (including phenoxy) is 1. The number of hydrogen-bond donors (Lipinski definition) is 0. The molecule has 0 aromatic carbocycles. The Labute approximate surface area is 154 Å². The second-order valence-corrected chi connectivity index (χ2v) is 5.58. The summed E-state index contributed by atoms with van der Waals surface area (Å²) in [6, 6.07) is 0. The molecule has 0 bridgehead atoms. The molecule has 0 N–H and O–H groups in total. The van der Waals surface area contributed by atoms with Crippen LogP contribution in [-0.2, 0) is 9.53 Å². The van der Waals surface area contributed by atoms with Crippen LogP contribution in [0, 0.1) is 0 Å². The van der Waals surface area contributed by atoms with Gasteiger partial charge in [-0.05, 0) is 52.4 Å². The smallest absolute Gasteiger partial charge is 0.333 e. The lowest BCUT2D eigenvalue weighted by Gasteiger charge is -1.99. The molecule has 0 aliphatic heterocycles. The molecule has 2 heteroatoms. The highest BCUT2D eigenvalue weighted by molar-refractivity contribution is 5.88. The lowest BCUT2D eigenvalue weighted by molar-refractivity contribution is -0.138. The standard InChI is InChI=1S/C23H34O2/c1-4-6-7-8-9-10-11-12-13-14-15-16-17-18-19-20-21-22(3)23(24)25-5-2/h6-7,9-10,12-13,15-16,19-21H,4-5,8,11,14,17-18H2,1-3H3. The number of hydrogen-bond acceptors (Lipinski definition) is 2. The van der Waals surface area contributed by atoms with E-state index in [0.717, 1.165) is 38.5 Å². The van der Waals surface area contributed by atoms with Gasteiger partial charge in [0.05, 0.1) is 6.61 Å². The van der Waals surface area contributed by atoms with Crippen molar-refractivity contribution in [2.45, 2.75) is 59.3 Å². The van der Waals surface area contributed by atoms with Crippen molar-refractivity contribution in [3.8, 4) is 0 Å². The van der Waals surface area contributed by atoms with Gasteiger partial charge in [-0.1, -0.05) is 73.8 Å². The molecule has 0 unspecified atom stereocenters. The Morgan fingerprint density at radius 3 is 1.84 bits per heavy atom. The van der Waals surface area contributed by atoms with Gasteiger partial charge in [0.25, 0.3) is 0 Å². The van der Waals surface area contributed by atoms with E-state index in [1.165, 1.54) is 0 Å². The molecule has 138 valence electrons. The van der Waals surface area contributed by atoms with Gasteiger partial charge in [-0.2, -0.15) is 0 Å². The van der Waals surface area contributed by atoms with E-state index in [4.69, 9.17) is 4.74 Å². The van der Waals surface area contributed by atoms with Gasteiger partial charge in [0, 0.05) is 5.57 Å². The molecule has 25 heavy (non-hydrogen) atoms. The summed E-state index contributed by atoms with van der Waals surface area (Å²) >= 11 is 0. The number of carbonyl (C=O) groups is 1. The zero-order valence-corrected chi connectivity index (χ0v) is 16.1. The van der Waals surface area contributed by atoms with Crippen molar-refractivity contribution in [2.24, 2.45) is 0 Å². The van der Waals surface area contributed by atoms with E-state index < -0.39 is 0 Å². The lowest BCUT2D eigenvalue weighted by Crippen LogP contribution is -2.04. The van der Waals surface area contributed by atoms with Crippen molar-refractivity contribution in [3.05, 3.63) is 72.4 Å². The zero-order chi connectivity index (χ0) is 18.6. The molecule has 0 aliphatic rings. The van der Waals surface area contributed by atoms with E-state index >= 15 is 0 Å². The average Bonchev–Trinajstić information content (AvgIpc) is 2.61. The SMILES string of the molecule is CCC=CCC=CCC=CCC=CCCC=CC=C(C)C(=O)OCC. The summed E-state index contributed by atoms with van der Waals surface area (Å²) in [5.41, 5.74) is 0.634. The minimum absolute atomic E-state index is 0.244. The predicted molar refractivity (Wildman–Crippen MR) is 109 cm³/mol. The molecule has 0 saturated carbocycles. The zero-order valence-electron chi connectivity index (χ0n) is 16.1. The van der Waals surface area contributed by atoms with E-state index in [9.17, 15) is 4.79 Å². The largest absolute Gasteiger partial charge is 0.463 e. The molecular formula is C23H34O2. The number of carbonyl (C=O) groups excluding carboxylic acids is 1. The molecule has 0 spiro atoms. The van der Waals surface area contributed by atoms with E-state index in [0.29, 0.717) is 12.2 Å². The molecule has 0 amide bonds. The molecule has 0 fully saturated rings. The van der Waals surface area contributed by atoms with Crippen molar-refractivity contribution in [1.82, 2.24) is 0 Å². The van der Waals surface area contributed by atoms with E-state index in [1.807, 2.05) is 13.0 Å². The number of unbranched alkanes of at least 4 members (excludes halogenated alkanes) is 1. The Balaban J connectivity index is 3.71. The quantitative estimate of drug-likeness (QED) is 0.123. The average molecular weight is 343 g/mol. The fraction of sp³-hybridized carbons (Fsp3) is 0.435. The second-order valence-electron chi connectivity index (χ2n) is 5.58. The summed E-state index contributed by atoms with van der Waals surface area (Å²) in [6.07, 6.45) is 29.5. The van der Waals surface area contributed by atoms with Crippen LogP contribution >= 0.6 is 0 Å². The number of rotatable bonds is 13. The van der Waals surface area contributed by atoms with Gasteiger partial charge in [-0.3, -0.25) is 0 Å². The summed E-state index contributed by atoms with van der Waals surface area (Å²) in [7, 11) is 0. The fourth-order valence-corrected chi connectivity index (χ4v) is 1.91. The second kappa shape index (κ2) is 18.3. The summed E-state index contributed by atoms with van der Waals surface area (Å²) in [6.45, 7) is 6.15. The molecule has 0 saturated heterocycles. The molecule has 0 radical (unpaired) electrons. The summed E-state index contributed by atoms with van der Waals surface area (Å²) in [5, 5.41) is 0. The normalized spacial score (nSPS) is 13.3. The summed E-state index contributed by atoms with van der Waals surface area (Å²) < 4.78 is 4.92. The topological polar surface area (TPSA) is 26.3 Å². The highest BCUT2D eigenvalue weighted by Gasteiger charge is 2.01. The first kappa shape index (κ1) is 22.9. The van der Waals surface area contributed by atoms with Crippen LogP contribution < -0.4 is 0 Å². The van der Waals surface area contributed by atoms with Crippen molar-refractivity contribution in [2.75, 3.05) is 6.61 Å². The molecule has 2 nitrogen and oxygen atoms in total. The van der Waals surface area contributed by atoms with Crippen LogP contribution in [0.3, 0.4) is 0 Å². The molecule has 0 rings (SSSR count). The van der Waals surface area contributed by atoms with Crippen LogP contribution in [0.25, 0.3) is 0 Å². The number of allylic oxidation sites excluding steroid dienone is 11. The van der Waals surface area contributed by atoms with Gasteiger partial charge in [0.1, 0.15) is 0 Å². The third-order valence-corrected chi connectivity index (χ3v) is 3.30. The Hall–Kier alpha value is -2.09. The maximum atomic E-state index is 11.4. The monoisotopic (exact) mass is 342 g/mol. The predicted octanol–water partition coefficient (Wildman–Crippen LogP) is 6.64. The summed E-state index contributed by atoms with van der Waals surface area (Å²) in [5.74, 6) is -0.244. The maximum absolute atomic E-state index is 11.4. The first-order chi connectivity index (χ1) is 12.2. The van der Waals surface area contributed by atoms with Gasteiger partial charge in [0.2, 0.25) is 0 Å². The molecule has 0 heterocycles. The van der Waals surface area contributed by atoms with Crippen LogP contribution in [0.15, 0.2) is 72.4 Å². The Bertz CT molecular complexity index is 502. The highest BCUT2D eigenvalue weighted by atomic mass is 16.5. The Morgan fingerprint density at radius 1 is 0.760 bits per heavy atom. The van der Waals surface area contributed by atoms with Crippen molar-refractivity contribution >= 4 is 5.97 Å². The van der Waals surface area contributed by atoms with Crippen molar-refractivity contribution in [1.29, 1.82) is 0 Å². The lowest BCUT2D eigenvalue weighted by atomic mass is 10.2. The van der Waals surface area contributed by atoms with Crippen LogP contribution in [0.4, 0.5) is 0 Å². The van der Waals surface area contributed by atoms with Crippen LogP contribution in [-0.4, -0.2) is 12.6 Å². The fourth-order valence-electron chi connectivity index (χ4n) is 1.91. The minimum atomic E-state index is -0.244. The third-order valence-electron chi connectivity index (χ3n) is 3.30. The molecule has 0 aromatic heterocycles. The van der Waals surface area contributed by atoms with Crippen molar-refractivity contribution in [3.63, 3.8) is 0 Å².